The summed E-state index contributed by atoms with van der Waals surface area (Å²) in [7, 11) is 0. The third-order valence-electron chi connectivity index (χ3n) is 19.0. The zero-order valence-electron chi connectivity index (χ0n) is 63.2. The van der Waals surface area contributed by atoms with E-state index in [1.165, 1.54) is 64.6 Å². The van der Waals surface area contributed by atoms with E-state index in [4.69, 9.17) is 28.7 Å². The van der Waals surface area contributed by atoms with Crippen LogP contribution in [0.15, 0.2) is 34.3 Å². The molecule has 0 bridgehead atoms. The largest absolute Gasteiger partial charge is 0.508 e. The van der Waals surface area contributed by atoms with Gasteiger partial charge < -0.3 is 112 Å². The van der Waals surface area contributed by atoms with Gasteiger partial charge in [0.1, 0.15) is 78.3 Å². The van der Waals surface area contributed by atoms with Crippen molar-refractivity contribution in [1.82, 2.24) is 62.6 Å². The Labute approximate surface area is 633 Å². The van der Waals surface area contributed by atoms with Crippen molar-refractivity contribution in [3.8, 4) is 5.75 Å². The number of nitrogens with zero attached hydrogens (tertiary/aromatic N) is 5. The highest BCUT2D eigenvalue weighted by Crippen LogP contribution is 2.27. The minimum atomic E-state index is -1.70. The van der Waals surface area contributed by atoms with Gasteiger partial charge in [-0.05, 0) is 145 Å². The number of benzene rings is 1. The predicted molar refractivity (Wildman–Crippen MR) is 400 cm³/mol. The normalized spacial score (nSPS) is 18.9. The quantitative estimate of drug-likeness (QED) is 0.0172. The van der Waals surface area contributed by atoms with Gasteiger partial charge in [0.25, 0.3) is 0 Å². The smallest absolute Gasteiger partial charge is 0.326 e. The maximum absolute atomic E-state index is 14.8. The van der Waals surface area contributed by atoms with Crippen LogP contribution in [0.3, 0.4) is 0 Å². The molecule has 1 aromatic carbocycles. The number of aromatic hydroxyl groups is 1. The number of carbonyl (C=O) groups is 14. The number of hydrogen-bond donors (Lipinski definition) is 18. The Bertz CT molecular complexity index is 3340. The maximum atomic E-state index is 14.8. The van der Waals surface area contributed by atoms with Crippen LogP contribution in [-0.2, 0) is 73.5 Å². The SMILES string of the molecule is CC[C@H](C)[C@H](NC(=O)[C@@H](NC(=O)[C@H](CCCN=C(N)N)NC(=O)[C@H](CCCN=C(N)N)NC(=O)[C@@H](N)CCSC)C(C)C)C(=O)N[C@@H](CC(C)C)C(=O)N1CCC[C@H]1C(=O)N[C@H](C(=O)N[C@@H](C)C(=O)N1CCC[C@H]1C(=O)N1CCC[C@H]1C(=O)N[C@@H](CCC(=O)O)C(=O)N[C@@H](Cc1ccc(O)cc1)C(=O)O)[C@@H](C)O. The average Bonchev–Trinajstić information content (AvgIpc) is 1.63. The van der Waals surface area contributed by atoms with E-state index in [0.29, 0.717) is 43.4 Å². The molecule has 604 valence electrons. The highest BCUT2D eigenvalue weighted by Gasteiger charge is 2.46. The van der Waals surface area contributed by atoms with E-state index >= 15 is 0 Å². The highest BCUT2D eigenvalue weighted by atomic mass is 32.2. The minimum absolute atomic E-state index is 0.0375. The summed E-state index contributed by atoms with van der Waals surface area (Å²) < 4.78 is 0. The number of aliphatic hydroxyl groups is 1. The molecule has 12 amide bonds. The van der Waals surface area contributed by atoms with E-state index in [1.54, 1.807) is 41.5 Å². The number of guanidine groups is 2. The Morgan fingerprint density at radius 3 is 1.51 bits per heavy atom. The van der Waals surface area contributed by atoms with Crippen LogP contribution in [0.1, 0.15) is 157 Å². The van der Waals surface area contributed by atoms with Crippen LogP contribution in [0.25, 0.3) is 0 Å². The number of thioether (sulfide) groups is 1. The Kier molecular flexibility index (Phi) is 37.5. The van der Waals surface area contributed by atoms with Gasteiger partial charge in [-0.2, -0.15) is 11.8 Å². The number of aliphatic hydroxyl groups excluding tert-OH is 1. The second kappa shape index (κ2) is 44.6. The van der Waals surface area contributed by atoms with E-state index < -0.39 is 192 Å². The van der Waals surface area contributed by atoms with Crippen LogP contribution >= 0.6 is 11.8 Å². The van der Waals surface area contributed by atoms with Gasteiger partial charge in [-0.15, -0.1) is 0 Å². The van der Waals surface area contributed by atoms with Gasteiger partial charge in [0.05, 0.1) is 12.1 Å². The number of aliphatic imine (C=N–C) groups is 2. The topological polar surface area (TPSA) is 593 Å². The fourth-order valence-electron chi connectivity index (χ4n) is 12.9. The number of hydrogen-bond acceptors (Lipinski definition) is 20. The van der Waals surface area contributed by atoms with Crippen molar-refractivity contribution in [2.45, 2.75) is 243 Å². The Balaban J connectivity index is 1.47. The van der Waals surface area contributed by atoms with Crippen molar-refractivity contribution in [3.05, 3.63) is 29.8 Å². The lowest BCUT2D eigenvalue weighted by Crippen LogP contribution is -2.62. The number of nitrogens with one attached hydrogen (secondary N) is 9. The van der Waals surface area contributed by atoms with Crippen LogP contribution < -0.4 is 76.5 Å². The zero-order chi connectivity index (χ0) is 80.8. The van der Waals surface area contributed by atoms with Crippen LogP contribution in [0.2, 0.25) is 0 Å². The predicted octanol–water partition coefficient (Wildman–Crippen LogP) is -3.44. The molecule has 0 spiro atoms. The first-order valence-electron chi connectivity index (χ1n) is 36.8. The number of phenolic OH excluding ortho intramolecular Hbond substituents is 1. The molecule has 37 nitrogen and oxygen atoms in total. The van der Waals surface area contributed by atoms with Crippen LogP contribution in [0.5, 0.6) is 5.75 Å². The fourth-order valence-corrected chi connectivity index (χ4v) is 13.3. The summed E-state index contributed by atoms with van der Waals surface area (Å²) in [4.78, 5) is 206. The Morgan fingerprint density at radius 2 is 1.00 bits per heavy atom. The molecule has 0 unspecified atom stereocenters. The molecule has 0 saturated carbocycles. The van der Waals surface area contributed by atoms with Crippen molar-refractivity contribution < 1.29 is 87.5 Å². The lowest BCUT2D eigenvalue weighted by Gasteiger charge is -2.33. The second-order valence-electron chi connectivity index (χ2n) is 28.5. The molecule has 3 aliphatic rings. The van der Waals surface area contributed by atoms with E-state index in [1.807, 2.05) is 6.26 Å². The Morgan fingerprint density at radius 1 is 0.537 bits per heavy atom. The van der Waals surface area contributed by atoms with Crippen molar-refractivity contribution in [1.29, 1.82) is 0 Å². The summed E-state index contributed by atoms with van der Waals surface area (Å²) in [5, 5.41) is 63.8. The molecule has 3 fully saturated rings. The number of phenols is 1. The van der Waals surface area contributed by atoms with E-state index in [0.717, 1.165) is 0 Å². The average molecular weight is 1540 g/mol. The van der Waals surface area contributed by atoms with Crippen molar-refractivity contribution in [2.75, 3.05) is 44.7 Å². The zero-order valence-corrected chi connectivity index (χ0v) is 64.0. The molecular weight excluding hydrogens is 1430 g/mol. The Hall–Kier alpha value is -9.59. The fraction of sp³-hybridized carbons (Fsp3) is 0.686. The van der Waals surface area contributed by atoms with Crippen LogP contribution in [0.4, 0.5) is 0 Å². The first-order valence-corrected chi connectivity index (χ1v) is 38.2. The number of carbonyl (C=O) groups excluding carboxylic acids is 12. The van der Waals surface area contributed by atoms with E-state index in [-0.39, 0.29) is 114 Å². The number of likely N-dealkylation sites (tertiary alicyclic amines) is 3. The van der Waals surface area contributed by atoms with Crippen molar-refractivity contribution in [2.24, 2.45) is 56.4 Å². The summed E-state index contributed by atoms with van der Waals surface area (Å²) in [5.41, 5.74) is 28.7. The molecular formula is C70H115N19O18S. The standard InChI is InChI=1S/C70H115N19O18S/c1-10-38(6)54(85-62(100)53(37(4)5)84-59(97)45(17-12-29-77-70(74)75)80-57(95)44(16-11-28-76-69(72)73)79-56(94)43(71)27-33-108-9)63(101)82-47(34-36(2)3)66(104)87-30-13-19-50(87)61(99)86-55(40(8)90)64(102)78-39(7)65(103)89-32-15-20-51(89)67(105)88-31-14-18-49(88)60(98)81-46(25-26-52(92)93)58(96)83-48(68(106)107)35-41-21-23-42(91)24-22-41/h21-24,36-40,43-51,53-55,90-91H,10-20,25-35,71H2,1-9H3,(H,78,102)(H,79,94)(H,80,95)(H,81,98)(H,82,101)(H,83,96)(H,84,97)(H,85,100)(H,86,99)(H,92,93)(H,106,107)(H4,72,73,76)(H4,74,75,77)/t38-,39-,40+,43-,44-,45-,46-,47-,48-,49-,50-,51-,53-,54-,55-/m0/s1. The molecule has 3 heterocycles. The lowest BCUT2D eigenvalue weighted by molar-refractivity contribution is -0.148. The number of carboxylic acids is 2. The molecule has 3 aliphatic heterocycles. The van der Waals surface area contributed by atoms with Gasteiger partial charge in [-0.3, -0.25) is 72.3 Å². The number of aliphatic carboxylic acids is 2. The molecule has 1 aromatic rings. The van der Waals surface area contributed by atoms with E-state index in [2.05, 4.69) is 57.8 Å². The van der Waals surface area contributed by atoms with Crippen LogP contribution in [0, 0.1) is 17.8 Å². The molecule has 3 saturated heterocycles. The first-order chi connectivity index (χ1) is 50.9. The molecule has 4 rings (SSSR count). The lowest BCUT2D eigenvalue weighted by atomic mass is 9.95. The van der Waals surface area contributed by atoms with E-state index in [9.17, 15) is 87.5 Å². The molecule has 0 aromatic heterocycles. The summed E-state index contributed by atoms with van der Waals surface area (Å²) in [6.45, 7) is 13.3. The highest BCUT2D eigenvalue weighted by molar-refractivity contribution is 7.98. The number of nitrogens with two attached hydrogens (primary N) is 5. The van der Waals surface area contributed by atoms with Gasteiger partial charge >= 0.3 is 11.9 Å². The summed E-state index contributed by atoms with van der Waals surface area (Å²) in [5.74, 6) is -13.4. The molecule has 0 radical (unpaired) electrons. The van der Waals surface area contributed by atoms with Gasteiger partial charge in [-0.25, -0.2) is 4.79 Å². The monoisotopic (exact) mass is 1540 g/mol. The van der Waals surface area contributed by atoms with Crippen molar-refractivity contribution >= 4 is 107 Å². The molecule has 108 heavy (non-hydrogen) atoms. The summed E-state index contributed by atoms with van der Waals surface area (Å²) >= 11 is 1.48. The second-order valence-corrected chi connectivity index (χ2v) is 29.5. The summed E-state index contributed by atoms with van der Waals surface area (Å²) in [6, 6.07) is -11.5. The molecule has 0 aliphatic carbocycles. The number of amides is 12. The third-order valence-corrected chi connectivity index (χ3v) is 19.7. The molecule has 38 heteroatoms. The van der Waals surface area contributed by atoms with Crippen molar-refractivity contribution in [3.63, 3.8) is 0 Å². The van der Waals surface area contributed by atoms with Gasteiger partial charge in [0.2, 0.25) is 70.9 Å². The summed E-state index contributed by atoms with van der Waals surface area (Å²) in [6.07, 6.45) is 1.47. The molecule has 23 N–H and O–H groups in total. The van der Waals surface area contributed by atoms with Gasteiger partial charge in [0.15, 0.2) is 11.9 Å². The number of rotatable bonds is 44. The van der Waals surface area contributed by atoms with Gasteiger partial charge in [-0.1, -0.05) is 60.1 Å². The maximum Gasteiger partial charge on any atom is 0.326 e. The van der Waals surface area contributed by atoms with Gasteiger partial charge in [0, 0.05) is 45.6 Å². The molecule has 15 atom stereocenters. The first kappa shape index (κ1) is 90.8. The number of carboxylic acid groups (broad SMARTS) is 2. The third kappa shape index (κ3) is 28.5. The minimum Gasteiger partial charge on any atom is -0.508 e. The van der Waals surface area contributed by atoms with Crippen LogP contribution in [-0.4, -0.2) is 259 Å².